The summed E-state index contributed by atoms with van der Waals surface area (Å²) in [6, 6.07) is 10.4. The van der Waals surface area contributed by atoms with Gasteiger partial charge in [0, 0.05) is 13.1 Å². The number of hydrogen-bond acceptors (Lipinski definition) is 4. The number of aromatic nitrogens is 3. The molecule has 2 saturated carbocycles. The SMILES string of the molecule is O=C(NCc1ccccc1)[C@@]12C[C@@H](n3cc(CN4CCCC4)nn3)[C@@H]1C2. The van der Waals surface area contributed by atoms with E-state index in [-0.39, 0.29) is 11.3 Å². The number of benzene rings is 1. The smallest absolute Gasteiger partial charge is 0.226 e. The lowest BCUT2D eigenvalue weighted by molar-refractivity contribution is -0.130. The van der Waals surface area contributed by atoms with Crippen LogP contribution in [0.3, 0.4) is 0 Å². The number of amides is 1. The molecule has 1 amide bonds. The molecule has 0 radical (unpaired) electrons. The maximum Gasteiger partial charge on any atom is 0.226 e. The van der Waals surface area contributed by atoms with E-state index >= 15 is 0 Å². The number of nitrogens with zero attached hydrogens (tertiary/aromatic N) is 4. The highest BCUT2D eigenvalue weighted by Gasteiger charge is 2.72. The van der Waals surface area contributed by atoms with Crippen LogP contribution < -0.4 is 5.32 Å². The van der Waals surface area contributed by atoms with E-state index in [0.29, 0.717) is 18.5 Å². The first-order valence-electron chi connectivity index (χ1n) is 9.70. The first-order valence-corrected chi connectivity index (χ1v) is 9.70. The molecule has 1 aromatic carbocycles. The summed E-state index contributed by atoms with van der Waals surface area (Å²) < 4.78 is 2.01. The number of rotatable bonds is 6. The Morgan fingerprint density at radius 3 is 2.77 bits per heavy atom. The van der Waals surface area contributed by atoms with Gasteiger partial charge in [-0.2, -0.15) is 0 Å². The van der Waals surface area contributed by atoms with Crippen LogP contribution in [0.5, 0.6) is 0 Å². The number of carbonyl (C=O) groups excluding carboxylic acids is 1. The van der Waals surface area contributed by atoms with E-state index in [1.807, 2.05) is 35.0 Å². The molecule has 3 fully saturated rings. The van der Waals surface area contributed by atoms with E-state index in [1.54, 1.807) is 0 Å². The Hall–Kier alpha value is -2.21. The molecule has 1 saturated heterocycles. The average Bonchev–Trinajstić information content (AvgIpc) is 3.08. The maximum absolute atomic E-state index is 12.6. The van der Waals surface area contributed by atoms with Crippen molar-refractivity contribution in [2.45, 2.75) is 44.8 Å². The fourth-order valence-corrected chi connectivity index (χ4v) is 4.73. The molecule has 2 aliphatic carbocycles. The summed E-state index contributed by atoms with van der Waals surface area (Å²) >= 11 is 0. The topological polar surface area (TPSA) is 63.1 Å². The maximum atomic E-state index is 12.6. The first-order chi connectivity index (χ1) is 12.7. The summed E-state index contributed by atoms with van der Waals surface area (Å²) in [4.78, 5) is 15.0. The van der Waals surface area contributed by atoms with Crippen molar-refractivity contribution in [2.24, 2.45) is 11.3 Å². The zero-order valence-electron chi connectivity index (χ0n) is 15.0. The lowest BCUT2D eigenvalue weighted by atomic mass is 9.79. The van der Waals surface area contributed by atoms with E-state index in [2.05, 4.69) is 26.7 Å². The predicted molar refractivity (Wildman–Crippen MR) is 97.0 cm³/mol. The highest BCUT2D eigenvalue weighted by atomic mass is 16.2. The van der Waals surface area contributed by atoms with Crippen molar-refractivity contribution in [3.63, 3.8) is 0 Å². The molecule has 0 spiro atoms. The molecule has 136 valence electrons. The van der Waals surface area contributed by atoms with Crippen molar-refractivity contribution in [3.05, 3.63) is 47.8 Å². The molecule has 5 rings (SSSR count). The van der Waals surface area contributed by atoms with E-state index < -0.39 is 0 Å². The third kappa shape index (κ3) is 2.72. The van der Waals surface area contributed by atoms with Gasteiger partial charge in [0.05, 0.1) is 23.3 Å². The van der Waals surface area contributed by atoms with Crippen LogP contribution in [0.25, 0.3) is 0 Å². The third-order valence-electron chi connectivity index (χ3n) is 6.40. The monoisotopic (exact) mass is 351 g/mol. The Labute approximate surface area is 153 Å². The van der Waals surface area contributed by atoms with Crippen LogP contribution >= 0.6 is 0 Å². The Kier molecular flexibility index (Phi) is 3.81. The van der Waals surface area contributed by atoms with Crippen LogP contribution in [0, 0.1) is 11.3 Å². The van der Waals surface area contributed by atoms with Gasteiger partial charge >= 0.3 is 0 Å². The lowest BCUT2D eigenvalue weighted by Crippen LogP contribution is -2.41. The van der Waals surface area contributed by atoms with Gasteiger partial charge in [0.1, 0.15) is 0 Å². The van der Waals surface area contributed by atoms with Gasteiger partial charge in [0.2, 0.25) is 5.91 Å². The molecule has 2 heterocycles. The van der Waals surface area contributed by atoms with Crippen molar-refractivity contribution >= 4 is 5.91 Å². The van der Waals surface area contributed by atoms with Crippen molar-refractivity contribution in [1.29, 1.82) is 0 Å². The highest BCUT2D eigenvalue weighted by molar-refractivity contribution is 5.87. The normalized spacial score (nSPS) is 29.8. The number of nitrogens with one attached hydrogen (secondary N) is 1. The zero-order valence-corrected chi connectivity index (χ0v) is 15.0. The molecular weight excluding hydrogens is 326 g/mol. The van der Waals surface area contributed by atoms with Crippen LogP contribution in [-0.2, 0) is 17.9 Å². The number of hydrogen-bond donors (Lipinski definition) is 1. The first kappa shape index (κ1) is 16.0. The van der Waals surface area contributed by atoms with Gasteiger partial charge in [-0.15, -0.1) is 5.10 Å². The molecule has 6 heteroatoms. The fraction of sp³-hybridized carbons (Fsp3) is 0.550. The van der Waals surface area contributed by atoms with Gasteiger partial charge in [-0.1, -0.05) is 35.5 Å². The summed E-state index contributed by atoms with van der Waals surface area (Å²) in [5.74, 6) is 0.639. The quantitative estimate of drug-likeness (QED) is 0.866. The van der Waals surface area contributed by atoms with Gasteiger partial charge in [-0.05, 0) is 50.3 Å². The van der Waals surface area contributed by atoms with Gasteiger partial charge in [0.25, 0.3) is 0 Å². The van der Waals surface area contributed by atoms with E-state index in [9.17, 15) is 4.79 Å². The summed E-state index contributed by atoms with van der Waals surface area (Å²) in [6.45, 7) is 3.86. The highest BCUT2D eigenvalue weighted by Crippen LogP contribution is 2.72. The van der Waals surface area contributed by atoms with E-state index in [4.69, 9.17) is 0 Å². The molecule has 1 aliphatic heterocycles. The Morgan fingerprint density at radius 2 is 2.00 bits per heavy atom. The average molecular weight is 351 g/mol. The van der Waals surface area contributed by atoms with Crippen molar-refractivity contribution in [1.82, 2.24) is 25.2 Å². The molecule has 2 aromatic rings. The molecule has 0 bridgehead atoms. The van der Waals surface area contributed by atoms with Crippen LogP contribution in [0.4, 0.5) is 0 Å². The molecule has 26 heavy (non-hydrogen) atoms. The largest absolute Gasteiger partial charge is 0.352 e. The third-order valence-corrected chi connectivity index (χ3v) is 6.40. The molecule has 3 atom stereocenters. The summed E-state index contributed by atoms with van der Waals surface area (Å²) in [6.07, 6.45) is 6.55. The van der Waals surface area contributed by atoms with E-state index in [1.165, 1.54) is 25.9 Å². The minimum atomic E-state index is -0.138. The molecule has 1 aromatic heterocycles. The summed E-state index contributed by atoms with van der Waals surface area (Å²) in [5, 5.41) is 11.8. The van der Waals surface area contributed by atoms with Crippen molar-refractivity contribution < 1.29 is 4.79 Å². The second kappa shape index (κ2) is 6.20. The van der Waals surface area contributed by atoms with Crippen molar-refractivity contribution in [3.8, 4) is 0 Å². The van der Waals surface area contributed by atoms with Crippen LogP contribution in [0.1, 0.15) is 43.0 Å². The summed E-state index contributed by atoms with van der Waals surface area (Å²) in [7, 11) is 0. The Balaban J connectivity index is 1.15. The number of fused-ring (bicyclic) bond motifs is 1. The molecule has 3 aliphatic rings. The van der Waals surface area contributed by atoms with Crippen molar-refractivity contribution in [2.75, 3.05) is 13.1 Å². The minimum Gasteiger partial charge on any atom is -0.352 e. The standard InChI is InChI=1S/C20H25N5O/c26-19(21-12-15-6-2-1-3-7-15)20-10-17(20)18(11-20)25-14-16(22-23-25)13-24-8-4-5-9-24/h1-3,6-7,14,17-18H,4-5,8-13H2,(H,21,26)/t17-,18+,20-/m0/s1. The Morgan fingerprint density at radius 1 is 1.19 bits per heavy atom. The fourth-order valence-electron chi connectivity index (χ4n) is 4.73. The molecule has 6 nitrogen and oxygen atoms in total. The summed E-state index contributed by atoms with van der Waals surface area (Å²) in [5.41, 5.74) is 2.06. The Bertz CT molecular complexity index is 798. The molecular formula is C20H25N5O. The number of carbonyl (C=O) groups is 1. The molecule has 1 N–H and O–H groups in total. The minimum absolute atomic E-state index is 0.138. The van der Waals surface area contributed by atoms with Gasteiger partial charge in [-0.3, -0.25) is 9.69 Å². The molecule has 0 unspecified atom stereocenters. The second-order valence-electron chi connectivity index (χ2n) is 8.08. The van der Waals surface area contributed by atoms with E-state index in [0.717, 1.165) is 30.6 Å². The van der Waals surface area contributed by atoms with Gasteiger partial charge in [0.15, 0.2) is 0 Å². The van der Waals surface area contributed by atoms with Crippen LogP contribution in [0.2, 0.25) is 0 Å². The zero-order chi connectivity index (χ0) is 17.6. The predicted octanol–water partition coefficient (Wildman–Crippen LogP) is 2.14. The lowest BCUT2D eigenvalue weighted by Gasteiger charge is -2.33. The van der Waals surface area contributed by atoms with Crippen LogP contribution in [0.15, 0.2) is 36.5 Å². The second-order valence-corrected chi connectivity index (χ2v) is 8.08. The van der Waals surface area contributed by atoms with Gasteiger partial charge < -0.3 is 5.32 Å². The van der Waals surface area contributed by atoms with Crippen LogP contribution in [-0.4, -0.2) is 38.9 Å². The van der Waals surface area contributed by atoms with Gasteiger partial charge in [-0.25, -0.2) is 4.68 Å². The number of likely N-dealkylation sites (tertiary alicyclic amines) is 1.